The van der Waals surface area contributed by atoms with Gasteiger partial charge in [0.2, 0.25) is 5.91 Å². The van der Waals surface area contributed by atoms with Gasteiger partial charge in [0.25, 0.3) is 0 Å². The number of aromatic nitrogens is 2. The predicted octanol–water partition coefficient (Wildman–Crippen LogP) is 4.88. The fourth-order valence-electron chi connectivity index (χ4n) is 5.40. The molecule has 3 unspecified atom stereocenters. The number of rotatable bonds is 17. The molecule has 4 aromatic rings. The van der Waals surface area contributed by atoms with E-state index in [9.17, 15) is 24.6 Å². The lowest BCUT2D eigenvalue weighted by Crippen LogP contribution is -2.60. The van der Waals surface area contributed by atoms with E-state index in [0.29, 0.717) is 0 Å². The lowest BCUT2D eigenvalue weighted by atomic mass is 9.90. The van der Waals surface area contributed by atoms with Crippen molar-refractivity contribution in [2.45, 2.75) is 89.9 Å². The van der Waals surface area contributed by atoms with Gasteiger partial charge >= 0.3 is 12.1 Å². The number of amides is 4. The largest absolute Gasteiger partial charge is 0.444 e. The van der Waals surface area contributed by atoms with E-state index in [2.05, 4.69) is 39.8 Å². The molecule has 4 rings (SSSR count). The van der Waals surface area contributed by atoms with Crippen LogP contribution in [0.3, 0.4) is 0 Å². The zero-order valence-electron chi connectivity index (χ0n) is 29.6. The van der Waals surface area contributed by atoms with Crippen LogP contribution in [0.1, 0.15) is 60.3 Å². The summed E-state index contributed by atoms with van der Waals surface area (Å²) in [5, 5.41) is 34.8. The second-order valence-corrected chi connectivity index (χ2v) is 15.0. The van der Waals surface area contributed by atoms with Crippen LogP contribution >= 0.6 is 22.7 Å². The molecule has 0 aliphatic heterocycles. The summed E-state index contributed by atoms with van der Waals surface area (Å²) in [4.78, 5) is 50.9. The van der Waals surface area contributed by atoms with E-state index in [4.69, 9.17) is 4.74 Å². The van der Waals surface area contributed by atoms with Crippen LogP contribution in [0.4, 0.5) is 9.59 Å². The molecule has 0 aliphatic rings. The number of aliphatic hydroxyl groups is 2. The van der Waals surface area contributed by atoms with E-state index < -0.39 is 48.4 Å². The van der Waals surface area contributed by atoms with Crippen LogP contribution in [0.25, 0.3) is 0 Å². The zero-order valence-corrected chi connectivity index (χ0v) is 31.2. The van der Waals surface area contributed by atoms with Gasteiger partial charge in [0.05, 0.1) is 39.7 Å². The molecule has 0 aliphatic carbocycles. The minimum Gasteiger partial charge on any atom is -0.444 e. The second-order valence-electron chi connectivity index (χ2n) is 13.1. The van der Waals surface area contributed by atoms with Crippen LogP contribution in [0.15, 0.2) is 77.8 Å². The highest BCUT2D eigenvalue weighted by molar-refractivity contribution is 7.09. The van der Waals surface area contributed by atoms with Gasteiger partial charge in [0.15, 0.2) is 0 Å². The monoisotopic (exact) mass is 736 g/mol. The van der Waals surface area contributed by atoms with Crippen molar-refractivity contribution in [2.24, 2.45) is 5.92 Å². The number of ether oxygens (including phenoxy) is 1. The van der Waals surface area contributed by atoms with Gasteiger partial charge in [-0.3, -0.25) is 9.78 Å². The van der Waals surface area contributed by atoms with Crippen molar-refractivity contribution in [3.63, 3.8) is 0 Å². The predicted molar refractivity (Wildman–Crippen MR) is 198 cm³/mol. The Bertz CT molecular complexity index is 1650. The summed E-state index contributed by atoms with van der Waals surface area (Å²) in [6.45, 7) is 8.02. The van der Waals surface area contributed by atoms with Crippen LogP contribution in [-0.2, 0) is 35.5 Å². The molecular weight excluding hydrogens is 689 g/mol. The quantitative estimate of drug-likeness (QED) is 0.102. The van der Waals surface area contributed by atoms with Crippen LogP contribution in [0, 0.1) is 5.92 Å². The Kier molecular flexibility index (Phi) is 14.9. The molecule has 5 atom stereocenters. The number of carbonyl (C=O) groups is 3. The van der Waals surface area contributed by atoms with Crippen molar-refractivity contribution >= 4 is 40.7 Å². The number of thiazole rings is 2. The summed E-state index contributed by atoms with van der Waals surface area (Å²) in [5.74, 6) is -0.553. The molecule has 2 aromatic heterocycles. The summed E-state index contributed by atoms with van der Waals surface area (Å²) < 4.78 is 5.38. The molecule has 0 radical (unpaired) electrons. The van der Waals surface area contributed by atoms with Gasteiger partial charge < -0.3 is 35.8 Å². The van der Waals surface area contributed by atoms with E-state index in [0.717, 1.165) is 26.7 Å². The van der Waals surface area contributed by atoms with E-state index in [1.807, 2.05) is 79.9 Å². The Morgan fingerprint density at radius 2 is 1.43 bits per heavy atom. The molecule has 2 aromatic carbocycles. The van der Waals surface area contributed by atoms with Gasteiger partial charge in [0, 0.05) is 24.5 Å². The number of carbonyl (C=O) groups excluding carboxylic acids is 3. The highest BCUT2D eigenvalue weighted by Crippen LogP contribution is 2.20. The SMILES string of the molecule is CC(C)c1nc(CN(C)C(=O)N[C@H](C(=O)N[C@@H](Cc2ccccc2)C(O)C(O)C(Cc2ccccc2)NC(=O)OCc2cncs2)C(C)C)cs1. The summed E-state index contributed by atoms with van der Waals surface area (Å²) in [5.41, 5.74) is 4.01. The Morgan fingerprint density at radius 3 is 1.94 bits per heavy atom. The van der Waals surface area contributed by atoms with Gasteiger partial charge in [-0.05, 0) is 29.9 Å². The summed E-state index contributed by atoms with van der Waals surface area (Å²) >= 11 is 2.89. The molecule has 2 heterocycles. The number of nitrogens with zero attached hydrogens (tertiary/aromatic N) is 3. The molecule has 51 heavy (non-hydrogen) atoms. The fraction of sp³-hybridized carbons (Fsp3) is 0.432. The summed E-state index contributed by atoms with van der Waals surface area (Å²) in [6, 6.07) is 15.1. The highest BCUT2D eigenvalue weighted by atomic mass is 32.1. The van der Waals surface area contributed by atoms with Crippen LogP contribution in [-0.4, -0.2) is 80.5 Å². The van der Waals surface area contributed by atoms with Crippen molar-refractivity contribution < 1.29 is 29.3 Å². The first-order valence-electron chi connectivity index (χ1n) is 16.9. The van der Waals surface area contributed by atoms with Gasteiger partial charge in [-0.25, -0.2) is 14.6 Å². The Balaban J connectivity index is 1.50. The van der Waals surface area contributed by atoms with Gasteiger partial charge in [-0.1, -0.05) is 88.4 Å². The normalized spacial score (nSPS) is 14.3. The van der Waals surface area contributed by atoms with Crippen molar-refractivity contribution in [3.8, 4) is 0 Å². The van der Waals surface area contributed by atoms with Crippen molar-refractivity contribution in [1.82, 2.24) is 30.8 Å². The lowest BCUT2D eigenvalue weighted by molar-refractivity contribution is -0.126. The van der Waals surface area contributed by atoms with E-state index in [1.54, 1.807) is 30.1 Å². The second kappa shape index (κ2) is 19.3. The number of alkyl carbamates (subject to hydrolysis) is 1. The van der Waals surface area contributed by atoms with E-state index >= 15 is 0 Å². The summed E-state index contributed by atoms with van der Waals surface area (Å²) in [7, 11) is 1.64. The number of benzene rings is 2. The third-order valence-electron chi connectivity index (χ3n) is 8.27. The molecular formula is C37H48N6O6S2. The molecule has 0 fully saturated rings. The van der Waals surface area contributed by atoms with Gasteiger partial charge in [0.1, 0.15) is 24.9 Å². The molecule has 0 saturated heterocycles. The minimum absolute atomic E-state index is 0.000151. The topological polar surface area (TPSA) is 166 Å². The van der Waals surface area contributed by atoms with Crippen LogP contribution in [0.2, 0.25) is 0 Å². The first-order chi connectivity index (χ1) is 24.4. The van der Waals surface area contributed by atoms with Crippen LogP contribution in [0.5, 0.6) is 0 Å². The highest BCUT2D eigenvalue weighted by Gasteiger charge is 2.36. The molecule has 14 heteroatoms. The number of urea groups is 1. The molecule has 0 spiro atoms. The first-order valence-corrected chi connectivity index (χ1v) is 18.7. The number of aliphatic hydroxyl groups excluding tert-OH is 2. The smallest absolute Gasteiger partial charge is 0.407 e. The van der Waals surface area contributed by atoms with Gasteiger partial charge in [-0.15, -0.1) is 22.7 Å². The van der Waals surface area contributed by atoms with Crippen molar-refractivity contribution in [1.29, 1.82) is 0 Å². The average Bonchev–Trinajstić information content (AvgIpc) is 3.82. The Hall–Kier alpha value is -4.37. The van der Waals surface area contributed by atoms with Crippen LogP contribution < -0.4 is 16.0 Å². The number of hydrogen-bond acceptors (Lipinski definition) is 10. The molecule has 4 amide bonds. The van der Waals surface area contributed by atoms with E-state index in [-0.39, 0.29) is 37.8 Å². The Morgan fingerprint density at radius 1 is 0.843 bits per heavy atom. The van der Waals surface area contributed by atoms with Crippen molar-refractivity contribution in [3.05, 3.63) is 104 Å². The van der Waals surface area contributed by atoms with Gasteiger partial charge in [-0.2, -0.15) is 0 Å². The molecule has 0 bridgehead atoms. The molecule has 274 valence electrons. The number of nitrogens with one attached hydrogen (secondary N) is 3. The molecule has 12 nitrogen and oxygen atoms in total. The maximum absolute atomic E-state index is 13.9. The lowest BCUT2D eigenvalue weighted by Gasteiger charge is -2.34. The maximum atomic E-state index is 13.9. The van der Waals surface area contributed by atoms with Crippen molar-refractivity contribution in [2.75, 3.05) is 7.05 Å². The maximum Gasteiger partial charge on any atom is 0.407 e. The third kappa shape index (κ3) is 12.1. The number of hydrogen-bond donors (Lipinski definition) is 5. The zero-order chi connectivity index (χ0) is 36.9. The standard InChI is InChI=1S/C37H48N6O6S2/c1-23(2)31(42-36(47)43(5)19-27-21-50-35(39-27)24(3)4)34(46)40-29(16-25-12-8-6-9-13-25)32(44)33(45)30(17-26-14-10-7-11-15-26)41-37(48)49-20-28-18-38-22-51-28/h6-15,18,21-24,29-33,44-45H,16-17,19-20H2,1-5H3,(H,40,46)(H,41,48)(H,42,47)/t29-,30?,31-,32?,33?/m0/s1. The minimum atomic E-state index is -1.53. The Labute approximate surface area is 307 Å². The average molecular weight is 737 g/mol. The molecule has 0 saturated carbocycles. The fourth-order valence-corrected chi connectivity index (χ4v) is 6.73. The summed E-state index contributed by atoms with van der Waals surface area (Å²) in [6.07, 6.45) is -1.89. The van der Waals surface area contributed by atoms with E-state index in [1.165, 1.54) is 16.2 Å². The molecule has 5 N–H and O–H groups in total. The third-order valence-corrected chi connectivity index (χ3v) is 10.2. The first kappa shape index (κ1) is 39.4.